The molecule has 2 aromatic rings. The second-order valence-electron chi connectivity index (χ2n) is 5.04. The largest absolute Gasteiger partial charge is 0.491 e. The predicted octanol–water partition coefficient (Wildman–Crippen LogP) is 3.38. The third kappa shape index (κ3) is 6.64. The average Bonchev–Trinajstić information content (AvgIpc) is 3.04. The number of benzene rings is 1. The van der Waals surface area contributed by atoms with Crippen molar-refractivity contribution in [1.82, 2.24) is 15.6 Å². The van der Waals surface area contributed by atoms with Crippen LogP contribution in [0.1, 0.15) is 22.4 Å². The molecule has 0 saturated carbocycles. The molecule has 2 rings (SSSR count). The summed E-state index contributed by atoms with van der Waals surface area (Å²) < 4.78 is 5.76. The maximum Gasteiger partial charge on any atom is 0.191 e. The zero-order valence-corrected chi connectivity index (χ0v) is 17.5. The van der Waals surface area contributed by atoms with Gasteiger partial charge in [0, 0.05) is 18.1 Å². The van der Waals surface area contributed by atoms with Crippen LogP contribution in [-0.4, -0.2) is 31.1 Å². The Morgan fingerprint density at radius 1 is 1.29 bits per heavy atom. The van der Waals surface area contributed by atoms with E-state index in [-0.39, 0.29) is 24.0 Å². The smallest absolute Gasteiger partial charge is 0.191 e. The molecule has 1 aromatic carbocycles. The minimum Gasteiger partial charge on any atom is -0.491 e. The van der Waals surface area contributed by atoms with Gasteiger partial charge in [-0.2, -0.15) is 0 Å². The maximum absolute atomic E-state index is 5.76. The highest BCUT2D eigenvalue weighted by Crippen LogP contribution is 2.15. The normalized spacial score (nSPS) is 10.9. The zero-order chi connectivity index (χ0) is 16.5. The molecule has 24 heavy (non-hydrogen) atoms. The van der Waals surface area contributed by atoms with E-state index in [1.807, 2.05) is 37.4 Å². The summed E-state index contributed by atoms with van der Waals surface area (Å²) in [6, 6.07) is 8.02. The van der Waals surface area contributed by atoms with Crippen LogP contribution >= 0.6 is 35.3 Å². The Morgan fingerprint density at radius 3 is 2.75 bits per heavy atom. The van der Waals surface area contributed by atoms with Gasteiger partial charge in [0.1, 0.15) is 17.4 Å². The summed E-state index contributed by atoms with van der Waals surface area (Å²) in [6.07, 6.45) is 2.97. The molecule has 0 fully saturated rings. The van der Waals surface area contributed by atoms with Gasteiger partial charge in [0.2, 0.25) is 0 Å². The molecule has 0 saturated heterocycles. The Morgan fingerprint density at radius 2 is 2.08 bits per heavy atom. The van der Waals surface area contributed by atoms with Crippen molar-refractivity contribution in [3.63, 3.8) is 0 Å². The molecule has 0 radical (unpaired) electrons. The van der Waals surface area contributed by atoms with Crippen LogP contribution in [0, 0.1) is 6.92 Å². The second kappa shape index (κ2) is 11.2. The summed E-state index contributed by atoms with van der Waals surface area (Å²) in [5.41, 5.74) is 1.14. The number of rotatable bonds is 7. The van der Waals surface area contributed by atoms with E-state index >= 15 is 0 Å². The van der Waals surface area contributed by atoms with E-state index in [2.05, 4.69) is 27.5 Å². The average molecular weight is 460 g/mol. The molecule has 2 N–H and O–H groups in total. The zero-order valence-electron chi connectivity index (χ0n) is 14.3. The Labute approximate surface area is 165 Å². The number of hydrogen-bond donors (Lipinski definition) is 2. The van der Waals surface area contributed by atoms with Gasteiger partial charge in [-0.1, -0.05) is 25.1 Å². The first-order chi connectivity index (χ1) is 11.2. The highest BCUT2D eigenvalue weighted by atomic mass is 127. The van der Waals surface area contributed by atoms with E-state index in [9.17, 15) is 0 Å². The number of thiazole rings is 1. The highest BCUT2D eigenvalue weighted by molar-refractivity contribution is 14.0. The minimum atomic E-state index is 0. The van der Waals surface area contributed by atoms with Crippen molar-refractivity contribution in [1.29, 1.82) is 0 Å². The molecule has 5 nitrogen and oxygen atoms in total. The number of aromatic nitrogens is 1. The lowest BCUT2D eigenvalue weighted by molar-refractivity contribution is 0.320. The quantitative estimate of drug-likeness (QED) is 0.288. The van der Waals surface area contributed by atoms with Gasteiger partial charge >= 0.3 is 0 Å². The third-order valence-corrected chi connectivity index (χ3v) is 4.47. The molecular formula is C17H25IN4OS. The van der Waals surface area contributed by atoms with Gasteiger partial charge in [-0.15, -0.1) is 35.3 Å². The van der Waals surface area contributed by atoms with Crippen LogP contribution in [0.15, 0.2) is 35.5 Å². The van der Waals surface area contributed by atoms with Gasteiger partial charge < -0.3 is 15.4 Å². The molecule has 1 aromatic heterocycles. The molecular weight excluding hydrogens is 435 g/mol. The van der Waals surface area contributed by atoms with Crippen molar-refractivity contribution in [2.45, 2.75) is 26.8 Å². The summed E-state index contributed by atoms with van der Waals surface area (Å²) >= 11 is 1.73. The molecule has 0 aliphatic carbocycles. The lowest BCUT2D eigenvalue weighted by Crippen LogP contribution is -2.38. The fourth-order valence-electron chi connectivity index (χ4n) is 2.02. The second-order valence-corrected chi connectivity index (χ2v) is 6.24. The van der Waals surface area contributed by atoms with Crippen LogP contribution in [0.3, 0.4) is 0 Å². The minimum absolute atomic E-state index is 0. The first-order valence-corrected chi connectivity index (χ1v) is 8.61. The number of guanidine groups is 1. The van der Waals surface area contributed by atoms with E-state index in [4.69, 9.17) is 4.74 Å². The fraction of sp³-hybridized carbons (Fsp3) is 0.412. The standard InChI is InChI=1S/C17H24N4OS.HI/c1-4-14-11-20-16(23-14)12-21-17(18-3)19-9-10-22-15-8-6-5-7-13(15)2;/h5-8,11H,4,9-10,12H2,1-3H3,(H2,18,19,21);1H. The van der Waals surface area contributed by atoms with E-state index in [1.54, 1.807) is 18.4 Å². The molecule has 0 bridgehead atoms. The number of aryl methyl sites for hydroxylation is 2. The van der Waals surface area contributed by atoms with Crippen molar-refractivity contribution in [3.8, 4) is 5.75 Å². The monoisotopic (exact) mass is 460 g/mol. The van der Waals surface area contributed by atoms with Crippen molar-refractivity contribution < 1.29 is 4.74 Å². The molecule has 0 aliphatic rings. The first-order valence-electron chi connectivity index (χ1n) is 7.79. The van der Waals surface area contributed by atoms with Crippen molar-refractivity contribution in [3.05, 3.63) is 45.9 Å². The fourth-order valence-corrected chi connectivity index (χ4v) is 2.82. The van der Waals surface area contributed by atoms with Crippen LogP contribution in [0.4, 0.5) is 0 Å². The van der Waals surface area contributed by atoms with Gasteiger partial charge in [0.05, 0.1) is 13.1 Å². The lowest BCUT2D eigenvalue weighted by Gasteiger charge is -2.12. The van der Waals surface area contributed by atoms with Crippen molar-refractivity contribution in [2.24, 2.45) is 4.99 Å². The van der Waals surface area contributed by atoms with Crippen LogP contribution in [0.25, 0.3) is 0 Å². The van der Waals surface area contributed by atoms with Gasteiger partial charge in [-0.25, -0.2) is 4.98 Å². The summed E-state index contributed by atoms with van der Waals surface area (Å²) in [5.74, 6) is 1.68. The highest BCUT2D eigenvalue weighted by Gasteiger charge is 2.03. The lowest BCUT2D eigenvalue weighted by atomic mass is 10.2. The molecule has 0 amide bonds. The van der Waals surface area contributed by atoms with E-state index in [1.165, 1.54) is 4.88 Å². The van der Waals surface area contributed by atoms with E-state index in [0.29, 0.717) is 19.7 Å². The number of halogens is 1. The van der Waals surface area contributed by atoms with Gasteiger partial charge in [0.15, 0.2) is 5.96 Å². The number of aliphatic imine (C=N–C) groups is 1. The Balaban J connectivity index is 0.00000288. The van der Waals surface area contributed by atoms with Crippen LogP contribution in [-0.2, 0) is 13.0 Å². The van der Waals surface area contributed by atoms with Crippen LogP contribution in [0.5, 0.6) is 5.75 Å². The summed E-state index contributed by atoms with van der Waals surface area (Å²) in [5, 5.41) is 7.58. The Bertz CT molecular complexity index is 645. The molecule has 7 heteroatoms. The topological polar surface area (TPSA) is 58.5 Å². The Kier molecular flexibility index (Phi) is 9.70. The number of nitrogens with zero attached hydrogens (tertiary/aromatic N) is 2. The maximum atomic E-state index is 5.76. The molecule has 0 unspecified atom stereocenters. The molecule has 1 heterocycles. The summed E-state index contributed by atoms with van der Waals surface area (Å²) in [6.45, 7) is 6.14. The van der Waals surface area contributed by atoms with Crippen molar-refractivity contribution >= 4 is 41.3 Å². The first kappa shape index (κ1) is 20.7. The SMILES string of the molecule is CCc1cnc(CNC(=NC)NCCOc2ccccc2C)s1.I. The number of nitrogens with one attached hydrogen (secondary N) is 2. The molecule has 0 spiro atoms. The van der Waals surface area contributed by atoms with Gasteiger partial charge in [-0.3, -0.25) is 4.99 Å². The number of para-hydroxylation sites is 1. The number of hydrogen-bond acceptors (Lipinski definition) is 4. The molecule has 0 aliphatic heterocycles. The van der Waals surface area contributed by atoms with Crippen LogP contribution < -0.4 is 15.4 Å². The Hall–Kier alpha value is -1.35. The van der Waals surface area contributed by atoms with E-state index < -0.39 is 0 Å². The van der Waals surface area contributed by atoms with Crippen LogP contribution in [0.2, 0.25) is 0 Å². The van der Waals surface area contributed by atoms with Gasteiger partial charge in [-0.05, 0) is 25.0 Å². The van der Waals surface area contributed by atoms with Gasteiger partial charge in [0.25, 0.3) is 0 Å². The number of ether oxygens (including phenoxy) is 1. The third-order valence-electron chi connectivity index (χ3n) is 3.33. The van der Waals surface area contributed by atoms with E-state index in [0.717, 1.165) is 28.7 Å². The predicted molar refractivity (Wildman–Crippen MR) is 112 cm³/mol. The van der Waals surface area contributed by atoms with Crippen molar-refractivity contribution in [2.75, 3.05) is 20.2 Å². The summed E-state index contributed by atoms with van der Waals surface area (Å²) in [7, 11) is 1.76. The molecule has 0 atom stereocenters. The molecule has 132 valence electrons. The summed E-state index contributed by atoms with van der Waals surface area (Å²) in [4.78, 5) is 9.90.